The number of rotatable bonds is 1. The Morgan fingerprint density at radius 3 is 2.91 bits per heavy atom. The van der Waals surface area contributed by atoms with Gasteiger partial charge in [-0.15, -0.1) is 11.8 Å². The summed E-state index contributed by atoms with van der Waals surface area (Å²) in [7, 11) is 0. The minimum Gasteiger partial charge on any atom is -0.459 e. The van der Waals surface area contributed by atoms with E-state index in [1.54, 1.807) is 0 Å². The van der Waals surface area contributed by atoms with Crippen LogP contribution in [0.4, 0.5) is 0 Å². The van der Waals surface area contributed by atoms with Gasteiger partial charge >= 0.3 is 0 Å². The molecule has 4 heterocycles. The van der Waals surface area contributed by atoms with Crippen LogP contribution in [0.15, 0.2) is 16.3 Å². The quantitative estimate of drug-likeness (QED) is 0.732. The van der Waals surface area contributed by atoms with Crippen LogP contribution in [0.3, 0.4) is 0 Å². The van der Waals surface area contributed by atoms with E-state index in [0.29, 0.717) is 17.8 Å². The average Bonchev–Trinajstić information content (AvgIpc) is 3.10. The second-order valence-electron chi connectivity index (χ2n) is 7.96. The molecule has 0 amide bonds. The van der Waals surface area contributed by atoms with Crippen LogP contribution in [0.25, 0.3) is 0 Å². The average molecular weight is 335 g/mol. The Hall–Kier alpha value is -0.520. The Labute approximate surface area is 142 Å². The molecule has 5 aliphatic rings. The highest BCUT2D eigenvalue weighted by Crippen LogP contribution is 2.63. The van der Waals surface area contributed by atoms with Gasteiger partial charge in [0.15, 0.2) is 11.5 Å². The maximum absolute atomic E-state index is 6.67. The molecule has 126 valence electrons. The van der Waals surface area contributed by atoms with Crippen LogP contribution in [-0.4, -0.2) is 35.0 Å². The molecule has 4 aliphatic heterocycles. The summed E-state index contributed by atoms with van der Waals surface area (Å²) in [6.07, 6.45) is 4.33. The van der Waals surface area contributed by atoms with E-state index in [0.717, 1.165) is 29.5 Å². The van der Waals surface area contributed by atoms with Gasteiger partial charge in [-0.1, -0.05) is 6.92 Å². The van der Waals surface area contributed by atoms with E-state index in [1.807, 2.05) is 11.8 Å². The highest BCUT2D eigenvalue weighted by molar-refractivity contribution is 8.14. The fourth-order valence-corrected chi connectivity index (χ4v) is 6.47. The summed E-state index contributed by atoms with van der Waals surface area (Å²) in [4.78, 5) is 4.65. The van der Waals surface area contributed by atoms with E-state index in [9.17, 15) is 0 Å². The molecule has 1 spiro atoms. The lowest BCUT2D eigenvalue weighted by atomic mass is 9.58. The third-order valence-corrected chi connectivity index (χ3v) is 7.61. The van der Waals surface area contributed by atoms with Crippen LogP contribution in [-0.2, 0) is 14.2 Å². The van der Waals surface area contributed by atoms with Gasteiger partial charge in [0.25, 0.3) is 0 Å². The Balaban J connectivity index is 1.63. The number of hydrogen-bond donors (Lipinski definition) is 0. The second kappa shape index (κ2) is 4.77. The first-order valence-electron chi connectivity index (χ1n) is 8.96. The van der Waals surface area contributed by atoms with Crippen molar-refractivity contribution in [2.75, 3.05) is 12.3 Å². The summed E-state index contributed by atoms with van der Waals surface area (Å²) >= 11 is 1.81. The molecule has 0 radical (unpaired) electrons. The van der Waals surface area contributed by atoms with Gasteiger partial charge < -0.3 is 14.2 Å². The molecule has 1 unspecified atom stereocenters. The summed E-state index contributed by atoms with van der Waals surface area (Å²) in [5.41, 5.74) is 1.06. The van der Waals surface area contributed by atoms with Gasteiger partial charge in [0, 0.05) is 24.6 Å². The molecule has 2 saturated heterocycles. The summed E-state index contributed by atoms with van der Waals surface area (Å²) in [5.74, 6) is 3.19. The number of nitrogens with zero attached hydrogens (tertiary/aromatic N) is 1. The van der Waals surface area contributed by atoms with Crippen LogP contribution in [0.1, 0.15) is 46.5 Å². The van der Waals surface area contributed by atoms with Gasteiger partial charge in [0.05, 0.1) is 0 Å². The van der Waals surface area contributed by atoms with Crippen molar-refractivity contribution < 1.29 is 14.2 Å². The molecule has 2 bridgehead atoms. The molecule has 5 heteroatoms. The largest absolute Gasteiger partial charge is 0.459 e. The number of fused-ring (bicyclic) bond motifs is 1. The van der Waals surface area contributed by atoms with Crippen LogP contribution in [0, 0.1) is 17.8 Å². The smallest absolute Gasteiger partial charge is 0.232 e. The van der Waals surface area contributed by atoms with E-state index < -0.39 is 5.79 Å². The molecule has 1 aliphatic carbocycles. The second-order valence-corrected chi connectivity index (χ2v) is 9.04. The fraction of sp³-hybridized carbons (Fsp3) is 0.833. The minimum atomic E-state index is -0.475. The topological polar surface area (TPSA) is 40.0 Å². The lowest BCUT2D eigenvalue weighted by Gasteiger charge is -2.55. The van der Waals surface area contributed by atoms with E-state index in [4.69, 9.17) is 14.2 Å². The molecule has 0 aromatic heterocycles. The normalized spacial score (nSPS) is 51.3. The van der Waals surface area contributed by atoms with Crippen LogP contribution < -0.4 is 0 Å². The third kappa shape index (κ3) is 1.84. The van der Waals surface area contributed by atoms with Crippen molar-refractivity contribution in [1.82, 2.24) is 0 Å². The summed E-state index contributed by atoms with van der Waals surface area (Å²) in [5, 5.41) is 1.07. The zero-order valence-corrected chi connectivity index (χ0v) is 14.9. The Bertz CT molecular complexity index is 617. The van der Waals surface area contributed by atoms with Crippen molar-refractivity contribution in [3.63, 3.8) is 0 Å². The predicted octanol–water partition coefficient (Wildman–Crippen LogP) is 3.72. The molecule has 3 fully saturated rings. The first-order chi connectivity index (χ1) is 11.0. The van der Waals surface area contributed by atoms with Gasteiger partial charge in [-0.05, 0) is 50.5 Å². The van der Waals surface area contributed by atoms with Gasteiger partial charge in [-0.3, -0.25) is 4.99 Å². The fourth-order valence-electron chi connectivity index (χ4n) is 5.57. The predicted molar refractivity (Wildman–Crippen MR) is 90.3 cm³/mol. The Morgan fingerprint density at radius 2 is 2.13 bits per heavy atom. The number of ether oxygens (including phenoxy) is 3. The molecule has 6 atom stereocenters. The van der Waals surface area contributed by atoms with Gasteiger partial charge in [-0.25, -0.2) is 0 Å². The standard InChI is InChI=1S/C18H25NO3S/c1-10-4-5-13-11(2)14(15-19-8-9-23-15)20-16-18(13)12(10)6-7-17(3,21-16)22-18/h10,12-13,16H,4-9H2,1-3H3/t10-,12+,13+,16-,17+,18?/m1/s1. The lowest BCUT2D eigenvalue weighted by molar-refractivity contribution is -0.243. The van der Waals surface area contributed by atoms with E-state index in [2.05, 4.69) is 25.8 Å². The molecule has 4 nitrogen and oxygen atoms in total. The molecular weight excluding hydrogens is 310 g/mol. The van der Waals surface area contributed by atoms with Crippen molar-refractivity contribution in [2.45, 2.75) is 64.1 Å². The van der Waals surface area contributed by atoms with Crippen molar-refractivity contribution >= 4 is 16.8 Å². The number of thioether (sulfide) groups is 1. The molecule has 23 heavy (non-hydrogen) atoms. The highest BCUT2D eigenvalue weighted by Gasteiger charge is 2.70. The Kier molecular flexibility index (Phi) is 3.06. The molecule has 0 N–H and O–H groups in total. The minimum absolute atomic E-state index is 0.268. The molecular formula is C18H25NO3S. The Morgan fingerprint density at radius 1 is 1.26 bits per heavy atom. The highest BCUT2D eigenvalue weighted by atomic mass is 32.2. The monoisotopic (exact) mass is 335 g/mol. The first-order valence-corrected chi connectivity index (χ1v) is 9.95. The number of aliphatic imine (C=N–C) groups is 1. The summed E-state index contributed by atoms with van der Waals surface area (Å²) in [6, 6.07) is 0. The third-order valence-electron chi connectivity index (χ3n) is 6.63. The molecule has 5 rings (SSSR count). The van der Waals surface area contributed by atoms with E-state index in [1.165, 1.54) is 24.8 Å². The van der Waals surface area contributed by atoms with Gasteiger partial charge in [0.2, 0.25) is 6.29 Å². The lowest BCUT2D eigenvalue weighted by Crippen LogP contribution is -2.62. The van der Waals surface area contributed by atoms with Crippen molar-refractivity contribution in [3.05, 3.63) is 11.3 Å². The first kappa shape index (κ1) is 14.8. The molecule has 0 aromatic rings. The van der Waals surface area contributed by atoms with Gasteiger partial charge in [0.1, 0.15) is 10.6 Å². The SMILES string of the molecule is CC1=C(C2=NCCS2)O[C@@H]2O[C@]3(C)CC[C@H]4[C@H](C)CC[C@@H]1C24O3. The van der Waals surface area contributed by atoms with Crippen molar-refractivity contribution in [3.8, 4) is 0 Å². The van der Waals surface area contributed by atoms with Crippen LogP contribution in [0.5, 0.6) is 0 Å². The van der Waals surface area contributed by atoms with Crippen molar-refractivity contribution in [1.29, 1.82) is 0 Å². The van der Waals surface area contributed by atoms with E-state index >= 15 is 0 Å². The maximum Gasteiger partial charge on any atom is 0.232 e. The zero-order valence-electron chi connectivity index (χ0n) is 14.1. The van der Waals surface area contributed by atoms with Crippen LogP contribution >= 0.6 is 11.8 Å². The summed E-state index contributed by atoms with van der Waals surface area (Å²) < 4.78 is 19.5. The van der Waals surface area contributed by atoms with Crippen LogP contribution in [0.2, 0.25) is 0 Å². The maximum atomic E-state index is 6.67. The van der Waals surface area contributed by atoms with Crippen molar-refractivity contribution in [2.24, 2.45) is 22.7 Å². The molecule has 0 aromatic carbocycles. The molecule has 1 saturated carbocycles. The zero-order chi connectivity index (χ0) is 15.8. The van der Waals surface area contributed by atoms with Gasteiger partial charge in [-0.2, -0.15) is 0 Å². The number of hydrogen-bond acceptors (Lipinski definition) is 5. The summed E-state index contributed by atoms with van der Waals surface area (Å²) in [6.45, 7) is 7.59. The van der Waals surface area contributed by atoms with E-state index in [-0.39, 0.29) is 11.9 Å².